The minimum Gasteiger partial charge on any atom is -0.480 e. The van der Waals surface area contributed by atoms with E-state index in [9.17, 15) is 13.2 Å². The Hall–Kier alpha value is -1.48. The maximum atomic E-state index is 11.4. The van der Waals surface area contributed by atoms with Gasteiger partial charge >= 0.3 is 5.97 Å². The highest BCUT2D eigenvalue weighted by molar-refractivity contribution is 7.90. The van der Waals surface area contributed by atoms with Crippen molar-refractivity contribution in [1.29, 1.82) is 0 Å². The molecule has 0 saturated heterocycles. The Morgan fingerprint density at radius 2 is 2.29 bits per heavy atom. The maximum absolute atomic E-state index is 11.4. The van der Waals surface area contributed by atoms with Crippen LogP contribution in [0, 0.1) is 0 Å². The summed E-state index contributed by atoms with van der Waals surface area (Å²) < 4.78 is 26.6. The zero-order valence-corrected chi connectivity index (χ0v) is 10.3. The third-order valence-corrected chi connectivity index (χ3v) is 3.85. The number of sulfonamides is 1. The molecule has 2 N–H and O–H groups in total. The van der Waals surface area contributed by atoms with Gasteiger partial charge in [0.2, 0.25) is 10.0 Å². The van der Waals surface area contributed by atoms with Crippen molar-refractivity contribution in [2.24, 2.45) is 7.05 Å². The number of carboxylic acid groups (broad SMARTS) is 1. The lowest BCUT2D eigenvalue weighted by Gasteiger charge is -2.08. The first kappa shape index (κ1) is 13.6. The molecule has 0 aliphatic heterocycles. The molecule has 0 aliphatic carbocycles. The van der Waals surface area contributed by atoms with Crippen LogP contribution in [0.15, 0.2) is 6.33 Å². The summed E-state index contributed by atoms with van der Waals surface area (Å²) in [5.74, 6) is -0.883. The van der Waals surface area contributed by atoms with Crippen LogP contribution < -0.4 is 4.72 Å². The van der Waals surface area contributed by atoms with Crippen LogP contribution in [0.5, 0.6) is 0 Å². The quantitative estimate of drug-likeness (QED) is 0.662. The van der Waals surface area contributed by atoms with Crippen LogP contribution in [0.1, 0.15) is 12.7 Å². The standard InChI is InChI=1S/C8H14N4O4S/c1-6(8(13)14)17(15,16)10-4-3-7-9-5-12(2)11-7/h5-6,10H,3-4H2,1-2H3,(H,13,14). The van der Waals surface area contributed by atoms with E-state index in [1.807, 2.05) is 0 Å². The van der Waals surface area contributed by atoms with E-state index >= 15 is 0 Å². The monoisotopic (exact) mass is 262 g/mol. The fourth-order valence-corrected chi connectivity index (χ4v) is 1.96. The number of hydrogen-bond acceptors (Lipinski definition) is 5. The lowest BCUT2D eigenvalue weighted by molar-refractivity contribution is -0.136. The van der Waals surface area contributed by atoms with Crippen molar-refractivity contribution >= 4 is 16.0 Å². The molecule has 1 aromatic heterocycles. The summed E-state index contributed by atoms with van der Waals surface area (Å²) in [5, 5.41) is 11.1. The Labute approximate surface area is 98.7 Å². The Morgan fingerprint density at radius 3 is 2.76 bits per heavy atom. The van der Waals surface area contributed by atoms with Crippen molar-refractivity contribution < 1.29 is 18.3 Å². The number of hydrogen-bond donors (Lipinski definition) is 2. The molecular weight excluding hydrogens is 248 g/mol. The molecule has 0 saturated carbocycles. The predicted octanol–water partition coefficient (Wildman–Crippen LogP) is -1.25. The van der Waals surface area contributed by atoms with E-state index in [1.54, 1.807) is 7.05 Å². The number of aryl methyl sites for hydroxylation is 1. The number of carboxylic acids is 1. The van der Waals surface area contributed by atoms with Crippen molar-refractivity contribution in [3.05, 3.63) is 12.2 Å². The molecule has 0 aromatic carbocycles. The van der Waals surface area contributed by atoms with E-state index < -0.39 is 21.2 Å². The number of rotatable bonds is 6. The van der Waals surface area contributed by atoms with Crippen LogP contribution >= 0.6 is 0 Å². The van der Waals surface area contributed by atoms with Gasteiger partial charge in [0.25, 0.3) is 0 Å². The highest BCUT2D eigenvalue weighted by atomic mass is 32.2. The van der Waals surface area contributed by atoms with E-state index in [4.69, 9.17) is 5.11 Å². The van der Waals surface area contributed by atoms with Gasteiger partial charge in [-0.05, 0) is 6.92 Å². The van der Waals surface area contributed by atoms with E-state index in [0.29, 0.717) is 12.2 Å². The first-order chi connectivity index (χ1) is 7.83. The third-order valence-electron chi connectivity index (χ3n) is 2.11. The fourth-order valence-electron chi connectivity index (χ4n) is 1.06. The summed E-state index contributed by atoms with van der Waals surface area (Å²) in [7, 11) is -2.13. The van der Waals surface area contributed by atoms with Gasteiger partial charge in [-0.15, -0.1) is 0 Å². The lowest BCUT2D eigenvalue weighted by atomic mass is 10.4. The second kappa shape index (κ2) is 5.23. The molecule has 0 amide bonds. The van der Waals surface area contributed by atoms with Gasteiger partial charge in [-0.2, -0.15) is 5.10 Å². The molecule has 0 radical (unpaired) electrons. The Bertz CT molecular complexity index is 495. The summed E-state index contributed by atoms with van der Waals surface area (Å²) >= 11 is 0. The minimum absolute atomic E-state index is 0.0734. The maximum Gasteiger partial charge on any atom is 0.323 e. The van der Waals surface area contributed by atoms with Gasteiger partial charge in [-0.1, -0.05) is 0 Å². The first-order valence-corrected chi connectivity index (χ1v) is 6.43. The first-order valence-electron chi connectivity index (χ1n) is 4.88. The number of nitrogens with zero attached hydrogens (tertiary/aromatic N) is 3. The second-order valence-electron chi connectivity index (χ2n) is 3.50. The predicted molar refractivity (Wildman–Crippen MR) is 58.7 cm³/mol. The van der Waals surface area contributed by atoms with Crippen molar-refractivity contribution in [2.75, 3.05) is 6.54 Å². The molecule has 1 aromatic rings. The zero-order valence-electron chi connectivity index (χ0n) is 9.49. The summed E-state index contributed by atoms with van der Waals surface area (Å²) in [6, 6.07) is 0. The number of aromatic nitrogens is 3. The Balaban J connectivity index is 2.48. The zero-order chi connectivity index (χ0) is 13.1. The minimum atomic E-state index is -3.83. The Morgan fingerprint density at radius 1 is 1.65 bits per heavy atom. The number of carbonyl (C=O) groups is 1. The van der Waals surface area contributed by atoms with E-state index in [-0.39, 0.29) is 6.54 Å². The Kier molecular flexibility index (Phi) is 4.18. The second-order valence-corrected chi connectivity index (χ2v) is 5.59. The average molecular weight is 262 g/mol. The van der Waals surface area contributed by atoms with Crippen molar-refractivity contribution in [3.8, 4) is 0 Å². The molecule has 0 fully saturated rings. The lowest BCUT2D eigenvalue weighted by Crippen LogP contribution is -2.38. The highest BCUT2D eigenvalue weighted by Crippen LogP contribution is 1.98. The summed E-state index contributed by atoms with van der Waals surface area (Å²) in [6.07, 6.45) is 1.82. The van der Waals surface area contributed by atoms with Gasteiger partial charge in [0.1, 0.15) is 6.33 Å². The normalized spacial score (nSPS) is 13.5. The van der Waals surface area contributed by atoms with Crippen LogP contribution in [0.2, 0.25) is 0 Å². The van der Waals surface area contributed by atoms with Gasteiger partial charge < -0.3 is 5.11 Å². The van der Waals surface area contributed by atoms with Crippen LogP contribution in [0.25, 0.3) is 0 Å². The molecule has 1 unspecified atom stereocenters. The molecule has 0 aliphatic rings. The van der Waals surface area contributed by atoms with Gasteiger partial charge in [0.15, 0.2) is 11.1 Å². The summed E-state index contributed by atoms with van der Waals surface area (Å²) in [6.45, 7) is 1.19. The van der Waals surface area contributed by atoms with Crippen LogP contribution in [0.3, 0.4) is 0 Å². The summed E-state index contributed by atoms with van der Waals surface area (Å²) in [5.41, 5.74) is 0. The van der Waals surface area contributed by atoms with Crippen LogP contribution in [-0.4, -0.2) is 46.1 Å². The molecule has 96 valence electrons. The van der Waals surface area contributed by atoms with Gasteiger partial charge in [-0.3, -0.25) is 9.48 Å². The summed E-state index contributed by atoms with van der Waals surface area (Å²) in [4.78, 5) is 14.5. The molecule has 1 atom stereocenters. The third kappa shape index (κ3) is 3.79. The fraction of sp³-hybridized carbons (Fsp3) is 0.625. The van der Waals surface area contributed by atoms with Crippen molar-refractivity contribution in [2.45, 2.75) is 18.6 Å². The van der Waals surface area contributed by atoms with Gasteiger partial charge in [0.05, 0.1) is 0 Å². The van der Waals surface area contributed by atoms with Crippen molar-refractivity contribution in [1.82, 2.24) is 19.5 Å². The van der Waals surface area contributed by atoms with Crippen LogP contribution in [-0.2, 0) is 28.3 Å². The SMILES string of the molecule is CC(C(=O)O)S(=O)(=O)NCCc1ncn(C)n1. The highest BCUT2D eigenvalue weighted by Gasteiger charge is 2.26. The van der Waals surface area contributed by atoms with E-state index in [0.717, 1.165) is 6.92 Å². The smallest absolute Gasteiger partial charge is 0.323 e. The molecule has 9 heteroatoms. The van der Waals surface area contributed by atoms with Crippen molar-refractivity contribution in [3.63, 3.8) is 0 Å². The molecule has 8 nitrogen and oxygen atoms in total. The topological polar surface area (TPSA) is 114 Å². The molecular formula is C8H14N4O4S. The largest absolute Gasteiger partial charge is 0.480 e. The molecule has 0 spiro atoms. The van der Waals surface area contributed by atoms with E-state index in [1.165, 1.54) is 11.0 Å². The average Bonchev–Trinajstić information content (AvgIpc) is 2.62. The van der Waals surface area contributed by atoms with Gasteiger partial charge in [0, 0.05) is 20.0 Å². The molecule has 17 heavy (non-hydrogen) atoms. The van der Waals surface area contributed by atoms with E-state index in [2.05, 4.69) is 14.8 Å². The van der Waals surface area contributed by atoms with Gasteiger partial charge in [-0.25, -0.2) is 18.1 Å². The number of nitrogens with one attached hydrogen (secondary N) is 1. The molecule has 0 bridgehead atoms. The molecule has 1 heterocycles. The number of aliphatic carboxylic acids is 1. The van der Waals surface area contributed by atoms with Crippen LogP contribution in [0.4, 0.5) is 0 Å². The molecule has 1 rings (SSSR count).